The van der Waals surface area contributed by atoms with Crippen LogP contribution in [-0.2, 0) is 14.8 Å². The number of piperazine rings is 1. The van der Waals surface area contributed by atoms with Crippen LogP contribution in [0.3, 0.4) is 0 Å². The van der Waals surface area contributed by atoms with Crippen LogP contribution in [0.1, 0.15) is 18.0 Å². The lowest BCUT2D eigenvalue weighted by atomic mass is 10.0. The van der Waals surface area contributed by atoms with Crippen molar-refractivity contribution in [2.24, 2.45) is 0 Å². The third kappa shape index (κ3) is 4.58. The van der Waals surface area contributed by atoms with Gasteiger partial charge < -0.3 is 14.4 Å². The summed E-state index contributed by atoms with van der Waals surface area (Å²) in [4.78, 5) is 15.0. The summed E-state index contributed by atoms with van der Waals surface area (Å²) in [5.41, 5.74) is 7.36. The number of benzene rings is 2. The molecule has 32 heavy (non-hydrogen) atoms. The van der Waals surface area contributed by atoms with Gasteiger partial charge in [0.2, 0.25) is 15.9 Å². The van der Waals surface area contributed by atoms with Crippen LogP contribution < -0.4 is 20.3 Å². The molecule has 0 saturated carbocycles. The van der Waals surface area contributed by atoms with Crippen molar-refractivity contribution in [3.8, 4) is 11.5 Å². The van der Waals surface area contributed by atoms with Gasteiger partial charge in [-0.1, -0.05) is 12.1 Å². The second kappa shape index (κ2) is 9.45. The number of carbonyl (C=O) groups excluding carboxylic acids is 1. The third-order valence-electron chi connectivity index (χ3n) is 5.97. The molecular weight excluding hydrogens is 432 g/mol. The van der Waals surface area contributed by atoms with E-state index in [1.54, 1.807) is 36.3 Å². The van der Waals surface area contributed by atoms with Crippen LogP contribution >= 0.6 is 0 Å². The highest BCUT2D eigenvalue weighted by Gasteiger charge is 2.36. The van der Waals surface area contributed by atoms with Crippen LogP contribution in [0, 0.1) is 0 Å². The molecule has 4 rings (SSSR count). The number of hydrazine groups is 1. The van der Waals surface area contributed by atoms with Gasteiger partial charge in [0, 0.05) is 32.2 Å². The average Bonchev–Trinajstić information content (AvgIpc) is 3.34. The lowest BCUT2D eigenvalue weighted by Gasteiger charge is -2.35. The van der Waals surface area contributed by atoms with E-state index in [4.69, 9.17) is 9.47 Å². The summed E-state index contributed by atoms with van der Waals surface area (Å²) in [5, 5.41) is 0. The summed E-state index contributed by atoms with van der Waals surface area (Å²) in [6.45, 7) is 1.25. The molecular formula is C22H28N4O5S. The number of amides is 1. The number of methoxy groups -OCH3 is 2. The number of ether oxygens (including phenoxy) is 2. The predicted octanol–water partition coefficient (Wildman–Crippen LogP) is 1.14. The summed E-state index contributed by atoms with van der Waals surface area (Å²) in [5.74, 6) is 1.37. The Kier molecular flexibility index (Phi) is 6.66. The summed E-state index contributed by atoms with van der Waals surface area (Å²) < 4.78 is 37.5. The molecule has 1 amide bonds. The van der Waals surface area contributed by atoms with Crippen molar-refractivity contribution < 1.29 is 22.7 Å². The topological polar surface area (TPSA) is 100 Å². The van der Waals surface area contributed by atoms with Crippen molar-refractivity contribution in [2.75, 3.05) is 40.4 Å². The molecule has 2 aliphatic rings. The standard InChI is InChI=1S/C22H28N4O5S/c1-30-17-5-3-16(4-6-17)20-15-21(24-23-20)22(27)25-11-13-26(14-12-25)32(28,29)19-9-7-18(31-2)8-10-19/h3-10,20-21,23-24H,11-15H2,1-2H3. The Bertz CT molecular complexity index is 1030. The Labute approximate surface area is 188 Å². The van der Waals surface area contributed by atoms with E-state index in [1.807, 2.05) is 24.3 Å². The van der Waals surface area contributed by atoms with Crippen molar-refractivity contribution >= 4 is 15.9 Å². The van der Waals surface area contributed by atoms with Gasteiger partial charge >= 0.3 is 0 Å². The summed E-state index contributed by atoms with van der Waals surface area (Å²) in [6.07, 6.45) is 0.621. The maximum absolute atomic E-state index is 13.0. The van der Waals surface area contributed by atoms with Crippen molar-refractivity contribution in [3.05, 3.63) is 54.1 Å². The quantitative estimate of drug-likeness (QED) is 0.667. The predicted molar refractivity (Wildman–Crippen MR) is 119 cm³/mol. The molecule has 2 atom stereocenters. The fourth-order valence-electron chi connectivity index (χ4n) is 4.04. The van der Waals surface area contributed by atoms with Gasteiger partial charge in [-0.3, -0.25) is 4.79 Å². The molecule has 9 nitrogen and oxygen atoms in total. The normalized spacial score (nSPS) is 22.0. The highest BCUT2D eigenvalue weighted by Crippen LogP contribution is 2.26. The molecule has 0 aliphatic carbocycles. The van der Waals surface area contributed by atoms with Gasteiger partial charge in [0.1, 0.15) is 17.5 Å². The van der Waals surface area contributed by atoms with Crippen LogP contribution in [0.4, 0.5) is 0 Å². The fraction of sp³-hybridized carbons (Fsp3) is 0.409. The molecule has 2 saturated heterocycles. The number of hydrogen-bond donors (Lipinski definition) is 2. The van der Waals surface area contributed by atoms with E-state index in [2.05, 4.69) is 10.9 Å². The van der Waals surface area contributed by atoms with E-state index in [9.17, 15) is 13.2 Å². The zero-order chi connectivity index (χ0) is 22.7. The van der Waals surface area contributed by atoms with Gasteiger partial charge in [0.15, 0.2) is 0 Å². The second-order valence-corrected chi connectivity index (χ2v) is 9.75. The van der Waals surface area contributed by atoms with Gasteiger partial charge in [-0.25, -0.2) is 19.3 Å². The Morgan fingerprint density at radius 1 is 0.875 bits per heavy atom. The van der Waals surface area contributed by atoms with Gasteiger partial charge in [-0.15, -0.1) is 0 Å². The number of nitrogens with one attached hydrogen (secondary N) is 2. The largest absolute Gasteiger partial charge is 0.497 e. The van der Waals surface area contributed by atoms with Gasteiger partial charge in [0.05, 0.1) is 19.1 Å². The first-order chi connectivity index (χ1) is 15.4. The molecule has 0 aromatic heterocycles. The maximum Gasteiger partial charge on any atom is 0.243 e. The van der Waals surface area contributed by atoms with Crippen LogP contribution in [0.2, 0.25) is 0 Å². The number of hydrogen-bond acceptors (Lipinski definition) is 7. The van der Waals surface area contributed by atoms with Gasteiger partial charge in [-0.2, -0.15) is 4.31 Å². The second-order valence-electron chi connectivity index (χ2n) is 7.81. The first-order valence-corrected chi connectivity index (χ1v) is 11.9. The van der Waals surface area contributed by atoms with Crippen molar-refractivity contribution in [3.63, 3.8) is 0 Å². The van der Waals surface area contributed by atoms with Gasteiger partial charge in [-0.05, 0) is 48.4 Å². The number of sulfonamides is 1. The maximum atomic E-state index is 13.0. The van der Waals surface area contributed by atoms with Crippen molar-refractivity contribution in [2.45, 2.75) is 23.4 Å². The first-order valence-electron chi connectivity index (χ1n) is 10.5. The fourth-order valence-corrected chi connectivity index (χ4v) is 5.46. The number of nitrogens with zero attached hydrogens (tertiary/aromatic N) is 2. The van der Waals surface area contributed by atoms with Gasteiger partial charge in [0.25, 0.3) is 0 Å². The highest BCUT2D eigenvalue weighted by molar-refractivity contribution is 7.89. The Morgan fingerprint density at radius 2 is 1.44 bits per heavy atom. The molecule has 0 spiro atoms. The van der Waals surface area contributed by atoms with Crippen molar-refractivity contribution in [1.82, 2.24) is 20.1 Å². The molecule has 2 aromatic rings. The minimum Gasteiger partial charge on any atom is -0.497 e. The monoisotopic (exact) mass is 460 g/mol. The van der Waals surface area contributed by atoms with E-state index >= 15 is 0 Å². The number of rotatable bonds is 6. The smallest absolute Gasteiger partial charge is 0.243 e. The van der Waals surface area contributed by atoms with E-state index < -0.39 is 10.0 Å². The van der Waals surface area contributed by atoms with E-state index in [1.165, 1.54) is 11.4 Å². The molecule has 2 aromatic carbocycles. The number of carbonyl (C=O) groups is 1. The van der Waals surface area contributed by atoms with E-state index in [-0.39, 0.29) is 36.0 Å². The molecule has 0 radical (unpaired) electrons. The van der Waals surface area contributed by atoms with E-state index in [0.29, 0.717) is 25.3 Å². The Hall–Kier alpha value is -2.66. The molecule has 10 heteroatoms. The summed E-state index contributed by atoms with van der Waals surface area (Å²) >= 11 is 0. The minimum atomic E-state index is -3.60. The zero-order valence-electron chi connectivity index (χ0n) is 18.2. The SMILES string of the molecule is COc1ccc(C2CC(C(=O)N3CCN(S(=O)(=O)c4ccc(OC)cc4)CC3)NN2)cc1. The summed E-state index contributed by atoms with van der Waals surface area (Å²) in [7, 11) is -0.443. The van der Waals surface area contributed by atoms with Crippen molar-refractivity contribution in [1.29, 1.82) is 0 Å². The highest BCUT2D eigenvalue weighted by atomic mass is 32.2. The first kappa shape index (κ1) is 22.5. The van der Waals surface area contributed by atoms with Crippen LogP contribution in [0.5, 0.6) is 11.5 Å². The van der Waals surface area contributed by atoms with Crippen LogP contribution in [0.25, 0.3) is 0 Å². The molecule has 172 valence electrons. The minimum absolute atomic E-state index is 0.0185. The van der Waals surface area contributed by atoms with Crippen LogP contribution in [0.15, 0.2) is 53.4 Å². The Morgan fingerprint density at radius 3 is 2.00 bits per heavy atom. The summed E-state index contributed by atoms with van der Waals surface area (Å²) in [6, 6.07) is 13.8. The molecule has 2 aliphatic heterocycles. The lowest BCUT2D eigenvalue weighted by molar-refractivity contribution is -0.134. The molecule has 2 fully saturated rings. The van der Waals surface area contributed by atoms with Crippen LogP contribution in [-0.4, -0.2) is 70.0 Å². The van der Waals surface area contributed by atoms with E-state index in [0.717, 1.165) is 11.3 Å². The molecule has 2 heterocycles. The molecule has 2 unspecified atom stereocenters. The zero-order valence-corrected chi connectivity index (χ0v) is 19.0. The lowest BCUT2D eigenvalue weighted by Crippen LogP contribution is -2.54. The average molecular weight is 461 g/mol. The third-order valence-corrected chi connectivity index (χ3v) is 7.88. The molecule has 2 N–H and O–H groups in total. The molecule has 0 bridgehead atoms. The Balaban J connectivity index is 1.33.